The SMILES string of the molecule is C=CC(=O)OCCOC(=O)CCC(=O)Oc1ccc(C(=O)Oc2ccc(OC(=O)c3ccc(OC(=O)CCC(=O)OCCOC(=O)C=C)cc3)c(C)c2)cc1. The summed E-state index contributed by atoms with van der Waals surface area (Å²) in [5.74, 6) is -4.90. The maximum absolute atomic E-state index is 12.8. The molecule has 0 aliphatic heterocycles. The van der Waals surface area contributed by atoms with Gasteiger partial charge in [-0.2, -0.15) is 0 Å². The number of aryl methyl sites for hydroxylation is 1. The highest BCUT2D eigenvalue weighted by molar-refractivity contribution is 5.92. The van der Waals surface area contributed by atoms with Crippen LogP contribution in [0, 0.1) is 6.92 Å². The van der Waals surface area contributed by atoms with Crippen LogP contribution in [0.15, 0.2) is 92.0 Å². The third kappa shape index (κ3) is 15.6. The molecule has 0 N–H and O–H groups in total. The third-order valence-electron chi connectivity index (χ3n) is 6.78. The van der Waals surface area contributed by atoms with Crippen LogP contribution in [-0.4, -0.2) is 74.2 Å². The number of carbonyl (C=O) groups is 8. The quantitative estimate of drug-likeness (QED) is 0.0515. The van der Waals surface area contributed by atoms with Gasteiger partial charge in [0.25, 0.3) is 0 Å². The van der Waals surface area contributed by atoms with Gasteiger partial charge in [-0.25, -0.2) is 19.2 Å². The average molecular weight is 761 g/mol. The molecule has 0 saturated carbocycles. The Bertz CT molecular complexity index is 1890. The first kappa shape index (κ1) is 42.3. The minimum atomic E-state index is -0.715. The Balaban J connectivity index is 1.40. The summed E-state index contributed by atoms with van der Waals surface area (Å²) >= 11 is 0. The van der Waals surface area contributed by atoms with E-state index in [-0.39, 0.29) is 86.2 Å². The highest BCUT2D eigenvalue weighted by atomic mass is 16.6. The van der Waals surface area contributed by atoms with E-state index < -0.39 is 47.8 Å². The first-order valence-corrected chi connectivity index (χ1v) is 16.4. The molecule has 0 amide bonds. The van der Waals surface area contributed by atoms with E-state index in [0.717, 1.165) is 12.2 Å². The fourth-order valence-corrected chi connectivity index (χ4v) is 4.07. The van der Waals surface area contributed by atoms with Crippen LogP contribution < -0.4 is 18.9 Å². The molecule has 0 unspecified atom stereocenters. The van der Waals surface area contributed by atoms with Gasteiger partial charge in [-0.05, 0) is 79.2 Å². The molecule has 0 aliphatic carbocycles. The summed E-state index contributed by atoms with van der Waals surface area (Å²) in [6.07, 6.45) is 0.892. The van der Waals surface area contributed by atoms with Crippen molar-refractivity contribution < 1.29 is 76.3 Å². The second kappa shape index (κ2) is 22.1. The van der Waals surface area contributed by atoms with Crippen molar-refractivity contribution in [2.24, 2.45) is 0 Å². The molecule has 0 bridgehead atoms. The van der Waals surface area contributed by atoms with Crippen LogP contribution in [-0.2, 0) is 47.7 Å². The van der Waals surface area contributed by atoms with E-state index in [9.17, 15) is 38.4 Å². The topological polar surface area (TPSA) is 210 Å². The van der Waals surface area contributed by atoms with Gasteiger partial charge in [-0.1, -0.05) is 13.2 Å². The van der Waals surface area contributed by atoms with E-state index in [1.807, 2.05) is 0 Å². The number of hydrogen-bond donors (Lipinski definition) is 0. The average Bonchev–Trinajstić information content (AvgIpc) is 3.17. The summed E-state index contributed by atoms with van der Waals surface area (Å²) in [6.45, 7) is 7.48. The summed E-state index contributed by atoms with van der Waals surface area (Å²) in [6, 6.07) is 15.4. The summed E-state index contributed by atoms with van der Waals surface area (Å²) < 4.78 is 40.3. The predicted octanol–water partition coefficient (Wildman–Crippen LogP) is 4.35. The molecule has 0 aromatic heterocycles. The predicted molar refractivity (Wildman–Crippen MR) is 188 cm³/mol. The van der Waals surface area contributed by atoms with Crippen LogP contribution >= 0.6 is 0 Å². The van der Waals surface area contributed by atoms with Crippen molar-refractivity contribution in [1.82, 2.24) is 0 Å². The minimum absolute atomic E-state index is 0.127. The van der Waals surface area contributed by atoms with Gasteiger partial charge in [0, 0.05) is 12.2 Å². The molecule has 0 atom stereocenters. The molecular weight excluding hydrogens is 724 g/mol. The molecular formula is C39H36O16. The van der Waals surface area contributed by atoms with Gasteiger partial charge in [0.15, 0.2) is 0 Å². The number of rotatable bonds is 20. The van der Waals surface area contributed by atoms with Gasteiger partial charge >= 0.3 is 47.8 Å². The van der Waals surface area contributed by atoms with E-state index in [0.29, 0.717) is 5.56 Å². The van der Waals surface area contributed by atoms with Crippen molar-refractivity contribution in [2.45, 2.75) is 32.6 Å². The Kier molecular flexibility index (Phi) is 17.0. The van der Waals surface area contributed by atoms with Gasteiger partial charge in [-0.15, -0.1) is 0 Å². The molecule has 0 aliphatic rings. The maximum atomic E-state index is 12.8. The standard InChI is InChI=1S/C39H36O16/c1-4-32(40)48-20-22-50-34(42)16-18-36(44)52-28-10-6-26(7-11-28)38(46)54-30-14-15-31(25(3)24-30)55-39(47)27-8-12-29(13-9-27)53-37(45)19-17-35(43)51-23-21-49-33(41)5-2/h4-15,24H,1-2,16-23H2,3H3. The third-order valence-corrected chi connectivity index (χ3v) is 6.78. The number of benzene rings is 3. The molecule has 3 aromatic rings. The summed E-state index contributed by atoms with van der Waals surface area (Å²) in [7, 11) is 0. The molecule has 3 rings (SSSR count). The summed E-state index contributed by atoms with van der Waals surface area (Å²) in [4.78, 5) is 95.1. The monoisotopic (exact) mass is 760 g/mol. The van der Waals surface area contributed by atoms with E-state index in [1.54, 1.807) is 6.92 Å². The van der Waals surface area contributed by atoms with Crippen LogP contribution in [0.5, 0.6) is 23.0 Å². The van der Waals surface area contributed by atoms with Gasteiger partial charge in [0.1, 0.15) is 49.4 Å². The number of hydrogen-bond acceptors (Lipinski definition) is 16. The van der Waals surface area contributed by atoms with Gasteiger partial charge in [0.2, 0.25) is 0 Å². The number of ether oxygens (including phenoxy) is 8. The molecule has 3 aromatic carbocycles. The van der Waals surface area contributed by atoms with Crippen LogP contribution in [0.3, 0.4) is 0 Å². The fourth-order valence-electron chi connectivity index (χ4n) is 4.07. The lowest BCUT2D eigenvalue weighted by Gasteiger charge is -2.11. The Morgan fingerprint density at radius 2 is 0.855 bits per heavy atom. The molecule has 0 heterocycles. The normalized spacial score (nSPS) is 10.1. The molecule has 55 heavy (non-hydrogen) atoms. The summed E-state index contributed by atoms with van der Waals surface area (Å²) in [5.41, 5.74) is 0.765. The first-order valence-electron chi connectivity index (χ1n) is 16.4. The second-order valence-electron chi connectivity index (χ2n) is 10.9. The molecule has 16 nitrogen and oxygen atoms in total. The van der Waals surface area contributed by atoms with Crippen molar-refractivity contribution in [3.05, 3.63) is 109 Å². The molecule has 0 saturated heterocycles. The van der Waals surface area contributed by atoms with Crippen molar-refractivity contribution in [3.63, 3.8) is 0 Å². The summed E-state index contributed by atoms with van der Waals surface area (Å²) in [5, 5.41) is 0. The van der Waals surface area contributed by atoms with Crippen LogP contribution in [0.1, 0.15) is 52.0 Å². The highest BCUT2D eigenvalue weighted by Crippen LogP contribution is 2.26. The fraction of sp³-hybridized carbons (Fsp3) is 0.231. The van der Waals surface area contributed by atoms with Crippen molar-refractivity contribution >= 4 is 47.8 Å². The Hall–Kier alpha value is -7.10. The van der Waals surface area contributed by atoms with Gasteiger partial charge < -0.3 is 37.9 Å². The number of esters is 8. The van der Waals surface area contributed by atoms with Gasteiger partial charge in [0.05, 0.1) is 36.8 Å². The van der Waals surface area contributed by atoms with Crippen molar-refractivity contribution in [1.29, 1.82) is 0 Å². The zero-order chi connectivity index (χ0) is 40.2. The zero-order valence-electron chi connectivity index (χ0n) is 29.6. The van der Waals surface area contributed by atoms with Crippen LogP contribution in [0.25, 0.3) is 0 Å². The minimum Gasteiger partial charge on any atom is -0.462 e. The van der Waals surface area contributed by atoms with Crippen molar-refractivity contribution in [3.8, 4) is 23.0 Å². The molecule has 16 heteroatoms. The lowest BCUT2D eigenvalue weighted by Crippen LogP contribution is -2.15. The lowest BCUT2D eigenvalue weighted by molar-refractivity contribution is -0.151. The molecule has 0 fully saturated rings. The van der Waals surface area contributed by atoms with E-state index in [1.165, 1.54) is 66.7 Å². The molecule has 288 valence electrons. The van der Waals surface area contributed by atoms with E-state index >= 15 is 0 Å². The smallest absolute Gasteiger partial charge is 0.343 e. The highest BCUT2D eigenvalue weighted by Gasteiger charge is 2.16. The Morgan fingerprint density at radius 1 is 0.473 bits per heavy atom. The largest absolute Gasteiger partial charge is 0.462 e. The van der Waals surface area contributed by atoms with E-state index in [2.05, 4.69) is 22.6 Å². The number of carbonyl (C=O) groups excluding carboxylic acids is 8. The Labute approximate surface area is 314 Å². The van der Waals surface area contributed by atoms with E-state index in [4.69, 9.17) is 28.4 Å². The molecule has 0 spiro atoms. The first-order chi connectivity index (χ1) is 26.4. The van der Waals surface area contributed by atoms with Gasteiger partial charge in [-0.3, -0.25) is 19.2 Å². The maximum Gasteiger partial charge on any atom is 0.343 e. The van der Waals surface area contributed by atoms with Crippen molar-refractivity contribution in [2.75, 3.05) is 26.4 Å². The zero-order valence-corrected chi connectivity index (χ0v) is 29.6. The Morgan fingerprint density at radius 3 is 1.27 bits per heavy atom. The lowest BCUT2D eigenvalue weighted by atomic mass is 10.2. The molecule has 0 radical (unpaired) electrons. The second-order valence-corrected chi connectivity index (χ2v) is 10.9. The van der Waals surface area contributed by atoms with Crippen LogP contribution in [0.2, 0.25) is 0 Å². The van der Waals surface area contributed by atoms with Crippen LogP contribution in [0.4, 0.5) is 0 Å².